The van der Waals surface area contributed by atoms with Gasteiger partial charge in [0.15, 0.2) is 5.84 Å². The summed E-state index contributed by atoms with van der Waals surface area (Å²) in [4.78, 5) is 6.35. The number of ether oxygens (including phenoxy) is 1. The number of rotatable bonds is 6. The van der Waals surface area contributed by atoms with Gasteiger partial charge in [0.2, 0.25) is 0 Å². The van der Waals surface area contributed by atoms with Gasteiger partial charge in [0, 0.05) is 42.0 Å². The quantitative estimate of drug-likeness (QED) is 0.271. The molecule has 25 heavy (non-hydrogen) atoms. The van der Waals surface area contributed by atoms with Crippen LogP contribution in [-0.2, 0) is 4.74 Å². The SMILES string of the molecule is C/C=C\CC(=N)c1cc(C(=N)N=C(N)CN2CCOCC2)ccc1N. The first-order valence-corrected chi connectivity index (χ1v) is 8.31. The molecule has 0 spiro atoms. The van der Waals surface area contributed by atoms with E-state index in [2.05, 4.69) is 9.89 Å². The zero-order chi connectivity index (χ0) is 18.2. The molecule has 0 bridgehead atoms. The van der Waals surface area contributed by atoms with Gasteiger partial charge in [-0.05, 0) is 25.1 Å². The first kappa shape index (κ1) is 18.8. The van der Waals surface area contributed by atoms with Gasteiger partial charge >= 0.3 is 0 Å². The second kappa shape index (κ2) is 9.10. The Morgan fingerprint density at radius 1 is 1.32 bits per heavy atom. The van der Waals surface area contributed by atoms with E-state index in [1.54, 1.807) is 18.2 Å². The molecule has 1 heterocycles. The molecular formula is C18H26N6O. The molecule has 0 radical (unpaired) electrons. The van der Waals surface area contributed by atoms with E-state index in [-0.39, 0.29) is 5.84 Å². The van der Waals surface area contributed by atoms with Crippen molar-refractivity contribution in [1.82, 2.24) is 4.90 Å². The van der Waals surface area contributed by atoms with E-state index in [1.807, 2.05) is 19.1 Å². The molecule has 7 heteroatoms. The third kappa shape index (κ3) is 5.51. The molecule has 0 amide bonds. The third-order valence-corrected chi connectivity index (χ3v) is 3.95. The van der Waals surface area contributed by atoms with Crippen LogP contribution in [0, 0.1) is 10.8 Å². The molecule has 0 aliphatic carbocycles. The lowest BCUT2D eigenvalue weighted by Gasteiger charge is -2.26. The normalized spacial score (nSPS) is 16.3. The van der Waals surface area contributed by atoms with Crippen LogP contribution in [0.1, 0.15) is 24.5 Å². The number of morpholine rings is 1. The van der Waals surface area contributed by atoms with E-state index in [1.165, 1.54) is 0 Å². The second-order valence-corrected chi connectivity index (χ2v) is 5.89. The fourth-order valence-electron chi connectivity index (χ4n) is 2.54. The smallest absolute Gasteiger partial charge is 0.153 e. The standard InChI is InChI=1S/C18H26N6O/c1-2-3-4-15(19)14-11-13(5-6-16(14)20)18(22)23-17(21)12-24-7-9-25-10-8-24/h2-3,5-6,11,19H,4,7-10,12,20H2,1H3,(H3,21,22,23)/b3-2-,19-15?. The number of hydrogen-bond donors (Lipinski definition) is 4. The van der Waals surface area contributed by atoms with Crippen molar-refractivity contribution in [3.63, 3.8) is 0 Å². The maximum absolute atomic E-state index is 8.19. The summed E-state index contributed by atoms with van der Waals surface area (Å²) in [7, 11) is 0. The predicted molar refractivity (Wildman–Crippen MR) is 103 cm³/mol. The van der Waals surface area contributed by atoms with Gasteiger partial charge in [-0.25, -0.2) is 4.99 Å². The van der Waals surface area contributed by atoms with Crippen molar-refractivity contribution >= 4 is 23.1 Å². The zero-order valence-electron chi connectivity index (χ0n) is 14.6. The van der Waals surface area contributed by atoms with E-state index in [4.69, 9.17) is 27.0 Å². The molecule has 1 aliphatic rings. The van der Waals surface area contributed by atoms with Crippen LogP contribution < -0.4 is 11.5 Å². The van der Waals surface area contributed by atoms with Crippen molar-refractivity contribution in [2.24, 2.45) is 10.7 Å². The molecule has 2 rings (SSSR count). The van der Waals surface area contributed by atoms with Crippen LogP contribution >= 0.6 is 0 Å². The van der Waals surface area contributed by atoms with Crippen LogP contribution in [0.2, 0.25) is 0 Å². The number of allylic oxidation sites excluding steroid dienone is 2. The lowest BCUT2D eigenvalue weighted by Crippen LogP contribution is -2.41. The predicted octanol–water partition coefficient (Wildman–Crippen LogP) is 1.62. The first-order chi connectivity index (χ1) is 12.0. The van der Waals surface area contributed by atoms with Gasteiger partial charge < -0.3 is 21.6 Å². The van der Waals surface area contributed by atoms with Crippen LogP contribution in [0.4, 0.5) is 5.69 Å². The molecule has 1 saturated heterocycles. The van der Waals surface area contributed by atoms with Gasteiger partial charge in [0.1, 0.15) is 5.84 Å². The highest BCUT2D eigenvalue weighted by molar-refractivity contribution is 6.09. The summed E-state index contributed by atoms with van der Waals surface area (Å²) in [6.07, 6.45) is 4.30. The van der Waals surface area contributed by atoms with Crippen molar-refractivity contribution in [2.75, 3.05) is 38.6 Å². The summed E-state index contributed by atoms with van der Waals surface area (Å²) in [6.45, 7) is 5.45. The number of nitrogens with two attached hydrogens (primary N) is 2. The molecule has 6 N–H and O–H groups in total. The fraction of sp³-hybridized carbons (Fsp3) is 0.389. The van der Waals surface area contributed by atoms with Crippen LogP contribution in [-0.4, -0.2) is 55.1 Å². The van der Waals surface area contributed by atoms with Crippen LogP contribution in [0.15, 0.2) is 35.3 Å². The molecule has 1 aromatic rings. The fourth-order valence-corrected chi connectivity index (χ4v) is 2.54. The summed E-state index contributed by atoms with van der Waals surface area (Å²) in [6, 6.07) is 5.17. The minimum absolute atomic E-state index is 0.0749. The van der Waals surface area contributed by atoms with Crippen molar-refractivity contribution in [2.45, 2.75) is 13.3 Å². The van der Waals surface area contributed by atoms with Gasteiger partial charge in [0.25, 0.3) is 0 Å². The molecule has 0 atom stereocenters. The van der Waals surface area contributed by atoms with Crippen LogP contribution in [0.25, 0.3) is 0 Å². The Labute approximate surface area is 148 Å². The van der Waals surface area contributed by atoms with E-state index < -0.39 is 0 Å². The Bertz CT molecular complexity index is 689. The summed E-state index contributed by atoms with van der Waals surface area (Å²) < 4.78 is 5.31. The number of amidine groups is 2. The monoisotopic (exact) mass is 342 g/mol. The first-order valence-electron chi connectivity index (χ1n) is 8.31. The summed E-state index contributed by atoms with van der Waals surface area (Å²) in [5.74, 6) is 0.472. The molecule has 1 fully saturated rings. The number of nitrogens with zero attached hydrogens (tertiary/aromatic N) is 2. The Balaban J connectivity index is 2.10. The van der Waals surface area contributed by atoms with Gasteiger partial charge in [-0.3, -0.25) is 10.3 Å². The minimum atomic E-state index is 0.0749. The average Bonchev–Trinajstić information content (AvgIpc) is 2.60. The highest BCUT2D eigenvalue weighted by atomic mass is 16.5. The van der Waals surface area contributed by atoms with Gasteiger partial charge in [0.05, 0.1) is 19.8 Å². The average molecular weight is 342 g/mol. The molecule has 1 aromatic carbocycles. The van der Waals surface area contributed by atoms with Gasteiger partial charge in [-0.1, -0.05) is 12.2 Å². The Hall–Kier alpha value is -2.51. The topological polar surface area (TPSA) is 125 Å². The number of anilines is 1. The third-order valence-electron chi connectivity index (χ3n) is 3.95. The zero-order valence-corrected chi connectivity index (χ0v) is 14.6. The van der Waals surface area contributed by atoms with Crippen LogP contribution in [0.5, 0.6) is 0 Å². The molecule has 0 aromatic heterocycles. The minimum Gasteiger partial charge on any atom is -0.398 e. The van der Waals surface area contributed by atoms with E-state index >= 15 is 0 Å². The molecule has 1 aliphatic heterocycles. The van der Waals surface area contributed by atoms with Crippen molar-refractivity contribution < 1.29 is 4.74 Å². The largest absolute Gasteiger partial charge is 0.398 e. The van der Waals surface area contributed by atoms with E-state index in [9.17, 15) is 0 Å². The Morgan fingerprint density at radius 2 is 2.04 bits per heavy atom. The van der Waals surface area contributed by atoms with Crippen LogP contribution in [0.3, 0.4) is 0 Å². The van der Waals surface area contributed by atoms with E-state index in [0.717, 1.165) is 13.1 Å². The molecular weight excluding hydrogens is 316 g/mol. The van der Waals surface area contributed by atoms with Crippen molar-refractivity contribution in [3.05, 3.63) is 41.5 Å². The van der Waals surface area contributed by atoms with Gasteiger partial charge in [-0.15, -0.1) is 0 Å². The molecule has 134 valence electrons. The number of hydrogen-bond acceptors (Lipinski definition) is 5. The molecule has 0 saturated carbocycles. The highest BCUT2D eigenvalue weighted by Crippen LogP contribution is 2.17. The second-order valence-electron chi connectivity index (χ2n) is 5.89. The number of benzene rings is 1. The number of nitrogens with one attached hydrogen (secondary N) is 2. The maximum atomic E-state index is 8.19. The van der Waals surface area contributed by atoms with Crippen molar-refractivity contribution in [3.8, 4) is 0 Å². The van der Waals surface area contributed by atoms with E-state index in [0.29, 0.717) is 54.5 Å². The Kier molecular flexibility index (Phi) is 6.85. The van der Waals surface area contributed by atoms with Crippen molar-refractivity contribution in [1.29, 1.82) is 10.8 Å². The lowest BCUT2D eigenvalue weighted by molar-refractivity contribution is 0.0452. The summed E-state index contributed by atoms with van der Waals surface area (Å²) in [5.41, 5.74) is 14.1. The maximum Gasteiger partial charge on any atom is 0.153 e. The summed E-state index contributed by atoms with van der Waals surface area (Å²) >= 11 is 0. The summed E-state index contributed by atoms with van der Waals surface area (Å²) in [5, 5.41) is 16.3. The highest BCUT2D eigenvalue weighted by Gasteiger charge is 2.13. The lowest BCUT2D eigenvalue weighted by atomic mass is 10.0. The molecule has 0 unspecified atom stereocenters. The number of nitrogen functional groups attached to an aromatic ring is 1. The Morgan fingerprint density at radius 3 is 2.72 bits per heavy atom. The molecule has 7 nitrogen and oxygen atoms in total. The number of aliphatic imine (C=N–C) groups is 1. The van der Waals surface area contributed by atoms with Gasteiger partial charge in [-0.2, -0.15) is 0 Å².